The van der Waals surface area contributed by atoms with Crippen LogP contribution in [-0.4, -0.2) is 48.7 Å². The number of amides is 1. The Morgan fingerprint density at radius 2 is 1.96 bits per heavy atom. The second kappa shape index (κ2) is 6.71. The molecule has 10 heteroatoms. The van der Waals surface area contributed by atoms with Gasteiger partial charge in [0.1, 0.15) is 0 Å². The molecule has 2 aromatic heterocycles. The molecule has 0 atom stereocenters. The number of nitrogens with two attached hydrogens (primary N) is 1. The molecule has 2 aromatic rings. The van der Waals surface area contributed by atoms with Crippen LogP contribution < -0.4 is 17.0 Å². The van der Waals surface area contributed by atoms with Crippen molar-refractivity contribution in [3.63, 3.8) is 0 Å². The number of fused-ring (bicyclic) bond motifs is 1. The fourth-order valence-electron chi connectivity index (χ4n) is 3.17. The molecule has 25 heavy (non-hydrogen) atoms. The first-order valence-corrected chi connectivity index (χ1v) is 8.23. The molecule has 3 rings (SSSR count). The number of carbonyl (C=O) groups is 1. The van der Waals surface area contributed by atoms with E-state index in [4.69, 9.17) is 5.73 Å². The van der Waals surface area contributed by atoms with E-state index in [0.717, 1.165) is 30.3 Å². The fraction of sp³-hybridized carbons (Fsp3) is 0.600. The second-order valence-corrected chi connectivity index (χ2v) is 6.31. The van der Waals surface area contributed by atoms with Gasteiger partial charge in [-0.15, -0.1) is 10.2 Å². The van der Waals surface area contributed by atoms with E-state index in [2.05, 4.69) is 15.2 Å². The van der Waals surface area contributed by atoms with Crippen LogP contribution in [0.15, 0.2) is 9.59 Å². The molecule has 1 fully saturated rings. The predicted molar refractivity (Wildman–Crippen MR) is 89.9 cm³/mol. The summed E-state index contributed by atoms with van der Waals surface area (Å²) < 4.78 is 2.58. The Morgan fingerprint density at radius 1 is 1.28 bits per heavy atom. The smallest absolute Gasteiger partial charge is 0.332 e. The van der Waals surface area contributed by atoms with E-state index in [9.17, 15) is 14.4 Å². The summed E-state index contributed by atoms with van der Waals surface area (Å²) in [6.45, 7) is -0.0365. The van der Waals surface area contributed by atoms with Gasteiger partial charge in [-0.25, -0.2) is 9.78 Å². The highest BCUT2D eigenvalue weighted by atomic mass is 16.2. The van der Waals surface area contributed by atoms with E-state index < -0.39 is 11.2 Å². The third-order valence-corrected chi connectivity index (χ3v) is 4.61. The van der Waals surface area contributed by atoms with Gasteiger partial charge in [-0.2, -0.15) is 0 Å². The van der Waals surface area contributed by atoms with E-state index in [-0.39, 0.29) is 42.0 Å². The number of carbonyl (C=O) groups excluding carboxylic acids is 1. The Labute approximate surface area is 143 Å². The van der Waals surface area contributed by atoms with Crippen molar-refractivity contribution < 1.29 is 4.79 Å². The highest BCUT2D eigenvalue weighted by molar-refractivity contribution is 5.77. The van der Waals surface area contributed by atoms with Crippen LogP contribution in [0.1, 0.15) is 37.5 Å². The molecule has 0 bridgehead atoms. The number of rotatable bonds is 4. The maximum atomic E-state index is 12.5. The Kier molecular flexibility index (Phi) is 4.62. The lowest BCUT2D eigenvalue weighted by atomic mass is 10.2. The van der Waals surface area contributed by atoms with Crippen LogP contribution in [0.5, 0.6) is 0 Å². The van der Waals surface area contributed by atoms with Gasteiger partial charge in [0.05, 0.1) is 13.1 Å². The Balaban J connectivity index is 2.12. The van der Waals surface area contributed by atoms with Gasteiger partial charge >= 0.3 is 5.69 Å². The molecular formula is C15H21N7O3. The van der Waals surface area contributed by atoms with Crippen molar-refractivity contribution >= 4 is 17.1 Å². The molecule has 0 aliphatic heterocycles. The molecule has 0 unspecified atom stereocenters. The highest BCUT2D eigenvalue weighted by Crippen LogP contribution is 2.29. The first kappa shape index (κ1) is 17.2. The quantitative estimate of drug-likeness (QED) is 0.744. The largest absolute Gasteiger partial charge is 0.337 e. The molecule has 10 nitrogen and oxygen atoms in total. The zero-order valence-corrected chi connectivity index (χ0v) is 14.3. The monoisotopic (exact) mass is 347 g/mol. The van der Waals surface area contributed by atoms with Gasteiger partial charge in [-0.1, -0.05) is 12.8 Å². The lowest BCUT2D eigenvalue weighted by Gasteiger charge is -2.17. The topological polar surface area (TPSA) is 129 Å². The van der Waals surface area contributed by atoms with Crippen molar-refractivity contribution in [2.45, 2.75) is 38.3 Å². The van der Waals surface area contributed by atoms with Crippen molar-refractivity contribution in [3.8, 4) is 0 Å². The Hall–Kier alpha value is -2.62. The van der Waals surface area contributed by atoms with Crippen molar-refractivity contribution in [1.82, 2.24) is 29.2 Å². The Bertz CT molecular complexity index is 927. The molecule has 1 amide bonds. The lowest BCUT2D eigenvalue weighted by Crippen LogP contribution is -2.40. The molecule has 0 spiro atoms. The molecule has 0 aromatic carbocycles. The summed E-state index contributed by atoms with van der Waals surface area (Å²) in [7, 11) is 3.00. The average Bonchev–Trinajstić information content (AvgIpc) is 3.14. The molecule has 1 aliphatic carbocycles. The first-order valence-electron chi connectivity index (χ1n) is 8.23. The highest BCUT2D eigenvalue weighted by Gasteiger charge is 2.24. The van der Waals surface area contributed by atoms with Gasteiger partial charge in [-0.3, -0.25) is 18.7 Å². The van der Waals surface area contributed by atoms with Crippen molar-refractivity contribution in [2.24, 2.45) is 12.8 Å². The summed E-state index contributed by atoms with van der Waals surface area (Å²) >= 11 is 0. The Morgan fingerprint density at radius 3 is 2.60 bits per heavy atom. The third kappa shape index (κ3) is 3.04. The normalized spacial score (nSPS) is 15.0. The van der Waals surface area contributed by atoms with E-state index in [0.29, 0.717) is 0 Å². The molecule has 2 heterocycles. The maximum Gasteiger partial charge on any atom is 0.332 e. The van der Waals surface area contributed by atoms with Crippen molar-refractivity contribution in [2.75, 3.05) is 13.6 Å². The zero-order chi connectivity index (χ0) is 18.1. The van der Waals surface area contributed by atoms with E-state index in [1.165, 1.54) is 16.5 Å². The SMILES string of the molecule is CN(Cc1nnc2c(n1)c(=O)n(C)c(=O)n2C1CCCC1)C(=O)CN. The van der Waals surface area contributed by atoms with Crippen molar-refractivity contribution in [3.05, 3.63) is 26.7 Å². The van der Waals surface area contributed by atoms with Gasteiger partial charge in [-0.05, 0) is 12.8 Å². The van der Waals surface area contributed by atoms with Gasteiger partial charge < -0.3 is 10.6 Å². The van der Waals surface area contributed by atoms with Crippen LogP contribution in [0.2, 0.25) is 0 Å². The first-order chi connectivity index (χ1) is 11.9. The van der Waals surface area contributed by atoms with Crippen LogP contribution >= 0.6 is 0 Å². The number of aromatic nitrogens is 5. The minimum Gasteiger partial charge on any atom is -0.337 e. The number of likely N-dealkylation sites (N-methyl/N-ethyl adjacent to an activating group) is 1. The summed E-state index contributed by atoms with van der Waals surface area (Å²) in [5.74, 6) is -0.0435. The van der Waals surface area contributed by atoms with Crippen LogP contribution in [0.25, 0.3) is 11.2 Å². The van der Waals surface area contributed by atoms with Crippen LogP contribution in [0, 0.1) is 0 Å². The maximum absolute atomic E-state index is 12.5. The number of hydrogen-bond donors (Lipinski definition) is 1. The molecule has 0 radical (unpaired) electrons. The van der Waals surface area contributed by atoms with Gasteiger partial charge in [0.25, 0.3) is 5.56 Å². The summed E-state index contributed by atoms with van der Waals surface area (Å²) in [4.78, 5) is 42.2. The van der Waals surface area contributed by atoms with E-state index >= 15 is 0 Å². The summed E-state index contributed by atoms with van der Waals surface area (Å²) in [5.41, 5.74) is 4.71. The third-order valence-electron chi connectivity index (χ3n) is 4.61. The van der Waals surface area contributed by atoms with E-state index in [1.54, 1.807) is 7.05 Å². The number of hydrogen-bond acceptors (Lipinski definition) is 7. The predicted octanol–water partition coefficient (Wildman–Crippen LogP) is -1.08. The standard InChI is InChI=1S/C15H21N7O3/c1-20(11(23)7-16)8-10-17-12-13(19-18-10)22(9-5-3-4-6-9)15(25)21(2)14(12)24/h9H,3-8,16H2,1-2H3. The second-order valence-electron chi connectivity index (χ2n) is 6.31. The van der Waals surface area contributed by atoms with Crippen LogP contribution in [0.4, 0.5) is 0 Å². The zero-order valence-electron chi connectivity index (χ0n) is 14.3. The fourth-order valence-corrected chi connectivity index (χ4v) is 3.17. The minimum absolute atomic E-state index is 0.00485. The van der Waals surface area contributed by atoms with Gasteiger partial charge in [0.2, 0.25) is 5.91 Å². The number of nitrogens with zero attached hydrogens (tertiary/aromatic N) is 6. The van der Waals surface area contributed by atoms with Crippen molar-refractivity contribution in [1.29, 1.82) is 0 Å². The van der Waals surface area contributed by atoms with Gasteiger partial charge in [0, 0.05) is 20.1 Å². The van der Waals surface area contributed by atoms with Gasteiger partial charge in [0.15, 0.2) is 17.0 Å². The summed E-state index contributed by atoms with van der Waals surface area (Å²) in [6, 6.07) is 0.00485. The molecule has 2 N–H and O–H groups in total. The van der Waals surface area contributed by atoms with Crippen LogP contribution in [0.3, 0.4) is 0 Å². The summed E-state index contributed by atoms with van der Waals surface area (Å²) in [6.07, 6.45) is 3.80. The van der Waals surface area contributed by atoms with E-state index in [1.807, 2.05) is 0 Å². The molecule has 1 aliphatic rings. The molecule has 1 saturated carbocycles. The minimum atomic E-state index is -0.516. The molecule has 134 valence electrons. The lowest BCUT2D eigenvalue weighted by molar-refractivity contribution is -0.129. The van der Waals surface area contributed by atoms with Crippen LogP contribution in [-0.2, 0) is 18.4 Å². The molecular weight excluding hydrogens is 326 g/mol. The summed E-state index contributed by atoms with van der Waals surface area (Å²) in [5, 5.41) is 8.10. The molecule has 0 saturated heterocycles. The average molecular weight is 347 g/mol.